The highest BCUT2D eigenvalue weighted by Gasteiger charge is 2.19. The van der Waals surface area contributed by atoms with E-state index < -0.39 is 14.9 Å². The quantitative estimate of drug-likeness (QED) is 0.299. The lowest BCUT2D eigenvalue weighted by Crippen LogP contribution is -2.33. The number of benzene rings is 2. The first kappa shape index (κ1) is 23.3. The first-order valence-corrected chi connectivity index (χ1v) is 10.9. The zero-order chi connectivity index (χ0) is 22.3. The average molecular weight is 435 g/mol. The van der Waals surface area contributed by atoms with Crippen LogP contribution in [0.5, 0.6) is 0 Å². The number of carbonyl (C=O) groups excluding carboxylic acids is 1. The number of carbonyl (C=O) groups is 1. The molecule has 9 nitrogen and oxygen atoms in total. The van der Waals surface area contributed by atoms with Crippen molar-refractivity contribution in [2.75, 3.05) is 25.0 Å². The van der Waals surface area contributed by atoms with E-state index in [2.05, 4.69) is 15.4 Å². The molecule has 0 aliphatic heterocycles. The number of amides is 1. The van der Waals surface area contributed by atoms with Gasteiger partial charge in [0.25, 0.3) is 5.69 Å². The Morgan fingerprint density at radius 2 is 1.60 bits per heavy atom. The van der Waals surface area contributed by atoms with Crippen LogP contribution in [0.4, 0.5) is 11.4 Å². The van der Waals surface area contributed by atoms with E-state index in [1.54, 1.807) is 26.0 Å². The van der Waals surface area contributed by atoms with Crippen LogP contribution in [-0.4, -0.2) is 38.9 Å². The van der Waals surface area contributed by atoms with Crippen LogP contribution in [0, 0.1) is 30.9 Å². The number of nitrogens with zero attached hydrogens (tertiary/aromatic N) is 1. The third kappa shape index (κ3) is 6.53. The second kappa shape index (κ2) is 10.2. The summed E-state index contributed by atoms with van der Waals surface area (Å²) in [7, 11) is -3.70. The molecule has 2 rings (SSSR count). The van der Waals surface area contributed by atoms with Gasteiger partial charge < -0.3 is 10.6 Å². The second-order valence-corrected chi connectivity index (χ2v) is 8.66. The standard InChI is InChI=1S/C20H26N4O5S/c1-14-12-15(2)20(16(3)13-14)30(28,29)23-9-8-19(25)22-11-10-21-17-4-6-18(7-5-17)24(26)27/h4-7,12-13,21,23H,8-11H2,1-3H3,(H,22,25). The largest absolute Gasteiger partial charge is 0.383 e. The maximum absolute atomic E-state index is 12.6. The van der Waals surface area contributed by atoms with Gasteiger partial charge in [-0.05, 0) is 44.0 Å². The Morgan fingerprint density at radius 1 is 1.00 bits per heavy atom. The Morgan fingerprint density at radius 3 is 2.17 bits per heavy atom. The van der Waals surface area contributed by atoms with Crippen LogP contribution in [0.3, 0.4) is 0 Å². The highest BCUT2D eigenvalue weighted by atomic mass is 32.2. The number of anilines is 1. The van der Waals surface area contributed by atoms with Crippen LogP contribution in [0.25, 0.3) is 0 Å². The van der Waals surface area contributed by atoms with E-state index in [1.165, 1.54) is 12.1 Å². The van der Waals surface area contributed by atoms with Crippen LogP contribution in [0.15, 0.2) is 41.3 Å². The summed E-state index contributed by atoms with van der Waals surface area (Å²) in [5.41, 5.74) is 3.04. The number of hydrogen-bond donors (Lipinski definition) is 3. The Bertz CT molecular complexity index is 997. The molecule has 30 heavy (non-hydrogen) atoms. The first-order valence-electron chi connectivity index (χ1n) is 9.42. The number of nitro benzene ring substituents is 1. The van der Waals surface area contributed by atoms with Gasteiger partial charge in [0.05, 0.1) is 9.82 Å². The maximum Gasteiger partial charge on any atom is 0.269 e. The van der Waals surface area contributed by atoms with Gasteiger partial charge in [-0.2, -0.15) is 0 Å². The summed E-state index contributed by atoms with van der Waals surface area (Å²) in [4.78, 5) is 22.3. The smallest absolute Gasteiger partial charge is 0.269 e. The molecule has 0 bridgehead atoms. The Hall–Kier alpha value is -2.98. The fraction of sp³-hybridized carbons (Fsp3) is 0.350. The topological polar surface area (TPSA) is 130 Å². The number of non-ortho nitro benzene ring substituents is 1. The highest BCUT2D eigenvalue weighted by Crippen LogP contribution is 2.21. The maximum atomic E-state index is 12.6. The lowest BCUT2D eigenvalue weighted by molar-refractivity contribution is -0.384. The number of aryl methyl sites for hydroxylation is 3. The fourth-order valence-electron chi connectivity index (χ4n) is 3.16. The molecule has 0 saturated carbocycles. The normalized spacial score (nSPS) is 11.2. The molecule has 162 valence electrons. The summed E-state index contributed by atoms with van der Waals surface area (Å²) >= 11 is 0. The Kier molecular flexibility index (Phi) is 7.90. The third-order valence-electron chi connectivity index (χ3n) is 4.37. The molecule has 2 aromatic rings. The van der Waals surface area contributed by atoms with E-state index in [0.717, 1.165) is 5.56 Å². The minimum Gasteiger partial charge on any atom is -0.383 e. The van der Waals surface area contributed by atoms with E-state index in [0.29, 0.717) is 29.9 Å². The lowest BCUT2D eigenvalue weighted by Gasteiger charge is -2.13. The molecule has 0 heterocycles. The monoisotopic (exact) mass is 434 g/mol. The Balaban J connectivity index is 1.74. The van der Waals surface area contributed by atoms with Crippen molar-refractivity contribution in [1.29, 1.82) is 0 Å². The number of nitro groups is 1. The molecular weight excluding hydrogens is 408 g/mol. The molecule has 0 radical (unpaired) electrons. The average Bonchev–Trinajstić information content (AvgIpc) is 2.64. The van der Waals surface area contributed by atoms with Crippen molar-refractivity contribution >= 4 is 27.3 Å². The fourth-order valence-corrected chi connectivity index (χ4v) is 4.64. The number of sulfonamides is 1. The molecule has 0 aromatic heterocycles. The van der Waals surface area contributed by atoms with Crippen molar-refractivity contribution < 1.29 is 18.1 Å². The summed E-state index contributed by atoms with van der Waals surface area (Å²) in [6.45, 7) is 6.16. The minimum atomic E-state index is -3.70. The van der Waals surface area contributed by atoms with E-state index in [4.69, 9.17) is 0 Å². The van der Waals surface area contributed by atoms with Crippen LogP contribution < -0.4 is 15.4 Å². The molecule has 2 aromatic carbocycles. The number of nitrogens with one attached hydrogen (secondary N) is 3. The van der Waals surface area contributed by atoms with Gasteiger partial charge >= 0.3 is 0 Å². The van der Waals surface area contributed by atoms with Gasteiger partial charge in [-0.25, -0.2) is 13.1 Å². The van der Waals surface area contributed by atoms with Gasteiger partial charge in [0.1, 0.15) is 0 Å². The molecule has 0 aliphatic carbocycles. The summed E-state index contributed by atoms with van der Waals surface area (Å²) in [5, 5.41) is 16.3. The molecule has 0 saturated heterocycles. The van der Waals surface area contributed by atoms with E-state index in [9.17, 15) is 23.3 Å². The van der Waals surface area contributed by atoms with Gasteiger partial charge in [0, 0.05) is 43.9 Å². The summed E-state index contributed by atoms with van der Waals surface area (Å²) in [6.07, 6.45) is 0.0146. The molecule has 3 N–H and O–H groups in total. The predicted molar refractivity (Wildman–Crippen MR) is 115 cm³/mol. The SMILES string of the molecule is Cc1cc(C)c(S(=O)(=O)NCCC(=O)NCCNc2ccc([N+](=O)[O-])cc2)c(C)c1. The second-order valence-electron chi connectivity index (χ2n) is 6.96. The molecule has 10 heteroatoms. The van der Waals surface area contributed by atoms with Crippen molar-refractivity contribution in [3.8, 4) is 0 Å². The van der Waals surface area contributed by atoms with Crippen LogP contribution in [0.1, 0.15) is 23.1 Å². The number of hydrogen-bond acceptors (Lipinski definition) is 6. The van der Waals surface area contributed by atoms with Crippen LogP contribution >= 0.6 is 0 Å². The number of rotatable bonds is 10. The van der Waals surface area contributed by atoms with Crippen molar-refractivity contribution in [3.63, 3.8) is 0 Å². The minimum absolute atomic E-state index is 0.00327. The molecule has 0 unspecified atom stereocenters. The van der Waals surface area contributed by atoms with Crippen LogP contribution in [0.2, 0.25) is 0 Å². The summed E-state index contributed by atoms with van der Waals surface area (Å²) < 4.78 is 27.6. The zero-order valence-electron chi connectivity index (χ0n) is 17.2. The summed E-state index contributed by atoms with van der Waals surface area (Å²) in [5.74, 6) is -0.277. The summed E-state index contributed by atoms with van der Waals surface area (Å²) in [6, 6.07) is 9.58. The predicted octanol–water partition coefficient (Wildman–Crippen LogP) is 2.42. The molecule has 0 atom stereocenters. The molecule has 0 aliphatic rings. The van der Waals surface area contributed by atoms with E-state index in [1.807, 2.05) is 19.1 Å². The van der Waals surface area contributed by atoms with Gasteiger partial charge in [-0.3, -0.25) is 14.9 Å². The van der Waals surface area contributed by atoms with Crippen molar-refractivity contribution in [1.82, 2.24) is 10.0 Å². The lowest BCUT2D eigenvalue weighted by atomic mass is 10.1. The van der Waals surface area contributed by atoms with Crippen molar-refractivity contribution in [2.45, 2.75) is 32.1 Å². The highest BCUT2D eigenvalue weighted by molar-refractivity contribution is 7.89. The van der Waals surface area contributed by atoms with Crippen LogP contribution in [-0.2, 0) is 14.8 Å². The van der Waals surface area contributed by atoms with Crippen molar-refractivity contribution in [3.05, 3.63) is 63.2 Å². The zero-order valence-corrected chi connectivity index (χ0v) is 18.0. The van der Waals surface area contributed by atoms with Gasteiger partial charge in [0.15, 0.2) is 0 Å². The molecule has 1 amide bonds. The van der Waals surface area contributed by atoms with E-state index in [-0.39, 0.29) is 29.5 Å². The third-order valence-corrected chi connectivity index (χ3v) is 6.14. The first-order chi connectivity index (χ1) is 14.1. The Labute approximate surface area is 176 Å². The van der Waals surface area contributed by atoms with Gasteiger partial charge in [-0.15, -0.1) is 0 Å². The van der Waals surface area contributed by atoms with Gasteiger partial charge in [0.2, 0.25) is 15.9 Å². The molecule has 0 fully saturated rings. The molecule has 0 spiro atoms. The molecular formula is C20H26N4O5S. The van der Waals surface area contributed by atoms with Gasteiger partial charge in [-0.1, -0.05) is 17.7 Å². The van der Waals surface area contributed by atoms with Crippen molar-refractivity contribution in [2.24, 2.45) is 0 Å². The van der Waals surface area contributed by atoms with E-state index >= 15 is 0 Å².